The number of aryl methyl sites for hydroxylation is 1. The Morgan fingerprint density at radius 2 is 2.33 bits per heavy atom. The molecule has 1 amide bonds. The lowest BCUT2D eigenvalue weighted by molar-refractivity contribution is -0.120. The first-order chi connectivity index (χ1) is 14.5. The minimum Gasteiger partial charge on any atom is -0.467 e. The van der Waals surface area contributed by atoms with E-state index in [0.717, 1.165) is 35.9 Å². The van der Waals surface area contributed by atoms with Gasteiger partial charge in [0.05, 0.1) is 23.4 Å². The van der Waals surface area contributed by atoms with Gasteiger partial charge in [-0.05, 0) is 56.2 Å². The van der Waals surface area contributed by atoms with Gasteiger partial charge in [-0.3, -0.25) is 14.2 Å². The number of fused-ring (bicyclic) bond motifs is 3. The topological polar surface area (TPSA) is 77.1 Å². The Labute approximate surface area is 184 Å². The highest BCUT2D eigenvalue weighted by atomic mass is 32.2. The van der Waals surface area contributed by atoms with Gasteiger partial charge < -0.3 is 9.73 Å². The number of thiophene rings is 1. The molecular formula is C22H27N3O3S2. The molecule has 1 N–H and O–H groups in total. The second-order valence-electron chi connectivity index (χ2n) is 7.95. The summed E-state index contributed by atoms with van der Waals surface area (Å²) in [6.07, 6.45) is 5.52. The van der Waals surface area contributed by atoms with Crippen LogP contribution in [-0.4, -0.2) is 27.3 Å². The highest BCUT2D eigenvalue weighted by Crippen LogP contribution is 2.37. The van der Waals surface area contributed by atoms with E-state index < -0.39 is 0 Å². The molecule has 2 atom stereocenters. The Kier molecular flexibility index (Phi) is 6.34. The third-order valence-corrected chi connectivity index (χ3v) is 7.71. The number of furan rings is 1. The third kappa shape index (κ3) is 4.21. The Bertz CT molecular complexity index is 1100. The molecule has 0 radical (unpaired) electrons. The number of nitrogens with one attached hydrogen (secondary N) is 1. The fourth-order valence-corrected chi connectivity index (χ4v) is 6.15. The molecule has 0 saturated heterocycles. The summed E-state index contributed by atoms with van der Waals surface area (Å²) in [6, 6.07) is 3.67. The molecule has 3 aromatic rings. The molecule has 8 heteroatoms. The molecule has 3 aromatic heterocycles. The number of aromatic nitrogens is 2. The van der Waals surface area contributed by atoms with Gasteiger partial charge in [-0.2, -0.15) is 0 Å². The Hall–Kier alpha value is -2.06. The normalized spacial score (nSPS) is 17.1. The van der Waals surface area contributed by atoms with Crippen LogP contribution in [0.25, 0.3) is 10.2 Å². The number of hydrogen-bond donors (Lipinski definition) is 1. The van der Waals surface area contributed by atoms with Crippen molar-refractivity contribution in [2.75, 3.05) is 6.54 Å². The molecule has 0 aromatic carbocycles. The number of nitrogens with zero attached hydrogens (tertiary/aromatic N) is 2. The van der Waals surface area contributed by atoms with Crippen molar-refractivity contribution in [3.05, 3.63) is 45.0 Å². The summed E-state index contributed by atoms with van der Waals surface area (Å²) in [4.78, 5) is 33.0. The van der Waals surface area contributed by atoms with Crippen molar-refractivity contribution < 1.29 is 9.21 Å². The van der Waals surface area contributed by atoms with Gasteiger partial charge in [0.1, 0.15) is 10.6 Å². The van der Waals surface area contributed by atoms with E-state index in [2.05, 4.69) is 12.2 Å². The molecule has 0 aliphatic heterocycles. The summed E-state index contributed by atoms with van der Waals surface area (Å²) in [7, 11) is 0. The molecule has 160 valence electrons. The van der Waals surface area contributed by atoms with Crippen LogP contribution in [0.15, 0.2) is 32.8 Å². The van der Waals surface area contributed by atoms with Crippen molar-refractivity contribution in [1.29, 1.82) is 0 Å². The van der Waals surface area contributed by atoms with Gasteiger partial charge in [-0.15, -0.1) is 11.3 Å². The van der Waals surface area contributed by atoms with E-state index in [1.165, 1.54) is 22.2 Å². The highest BCUT2D eigenvalue weighted by molar-refractivity contribution is 8.00. The standard InChI is InChI=1S/C22H27N3O3S2/c1-4-9-23-19(26)14(3)29-22-24-20-18(16-8-7-13(2)11-17(16)30-20)21(27)25(22)12-15-6-5-10-28-15/h5-6,10,13-14H,4,7-9,11-12H2,1-3H3,(H,23,26). The lowest BCUT2D eigenvalue weighted by atomic mass is 9.89. The summed E-state index contributed by atoms with van der Waals surface area (Å²) in [5, 5.41) is 3.89. The van der Waals surface area contributed by atoms with Crippen molar-refractivity contribution in [2.45, 2.75) is 63.4 Å². The van der Waals surface area contributed by atoms with E-state index in [4.69, 9.17) is 9.40 Å². The number of carbonyl (C=O) groups excluding carboxylic acids is 1. The second kappa shape index (κ2) is 8.98. The Balaban J connectivity index is 1.77. The fourth-order valence-electron chi connectivity index (χ4n) is 3.80. The zero-order valence-corrected chi connectivity index (χ0v) is 19.2. The molecule has 6 nitrogen and oxygen atoms in total. The number of carbonyl (C=O) groups is 1. The van der Waals surface area contributed by atoms with E-state index in [0.29, 0.717) is 29.9 Å². The van der Waals surface area contributed by atoms with Crippen LogP contribution in [0, 0.1) is 5.92 Å². The van der Waals surface area contributed by atoms with Crippen LogP contribution in [-0.2, 0) is 24.2 Å². The van der Waals surface area contributed by atoms with E-state index in [1.807, 2.05) is 26.0 Å². The van der Waals surface area contributed by atoms with E-state index in [9.17, 15) is 9.59 Å². The van der Waals surface area contributed by atoms with Crippen LogP contribution in [0.3, 0.4) is 0 Å². The SMILES string of the molecule is CCCNC(=O)C(C)Sc1nc2sc3c(c2c(=O)n1Cc1ccco1)CCC(C)C3. The van der Waals surface area contributed by atoms with Crippen LogP contribution >= 0.6 is 23.1 Å². The van der Waals surface area contributed by atoms with Gasteiger partial charge in [0.2, 0.25) is 5.91 Å². The first-order valence-corrected chi connectivity index (χ1v) is 12.2. The Morgan fingerprint density at radius 3 is 3.07 bits per heavy atom. The predicted octanol–water partition coefficient (Wildman–Crippen LogP) is 4.23. The summed E-state index contributed by atoms with van der Waals surface area (Å²) in [5.41, 5.74) is 1.14. The molecule has 0 fully saturated rings. The van der Waals surface area contributed by atoms with Gasteiger partial charge in [-0.25, -0.2) is 4.98 Å². The average molecular weight is 446 g/mol. The van der Waals surface area contributed by atoms with Gasteiger partial charge in [0, 0.05) is 11.4 Å². The maximum absolute atomic E-state index is 13.6. The quantitative estimate of drug-likeness (QED) is 0.435. The van der Waals surface area contributed by atoms with Crippen molar-refractivity contribution >= 4 is 39.2 Å². The second-order valence-corrected chi connectivity index (χ2v) is 10.3. The van der Waals surface area contributed by atoms with Gasteiger partial charge in [-0.1, -0.05) is 25.6 Å². The minimum atomic E-state index is -0.349. The van der Waals surface area contributed by atoms with Gasteiger partial charge >= 0.3 is 0 Å². The molecule has 1 aliphatic rings. The molecule has 1 aliphatic carbocycles. The van der Waals surface area contributed by atoms with Crippen LogP contribution in [0.4, 0.5) is 0 Å². The Morgan fingerprint density at radius 1 is 1.50 bits per heavy atom. The lowest BCUT2D eigenvalue weighted by Crippen LogP contribution is -2.32. The first kappa shape index (κ1) is 21.2. The van der Waals surface area contributed by atoms with Crippen LogP contribution in [0.2, 0.25) is 0 Å². The van der Waals surface area contributed by atoms with E-state index in [-0.39, 0.29) is 16.7 Å². The molecular weight excluding hydrogens is 418 g/mol. The summed E-state index contributed by atoms with van der Waals surface area (Å²) in [5.74, 6) is 1.29. The number of hydrogen-bond acceptors (Lipinski definition) is 6. The smallest absolute Gasteiger partial charge is 0.263 e. The largest absolute Gasteiger partial charge is 0.467 e. The minimum absolute atomic E-state index is 0.0351. The number of rotatable bonds is 7. The summed E-state index contributed by atoms with van der Waals surface area (Å²) >= 11 is 2.97. The third-order valence-electron chi connectivity index (χ3n) is 5.47. The molecule has 0 spiro atoms. The average Bonchev–Trinajstić information content (AvgIpc) is 3.35. The summed E-state index contributed by atoms with van der Waals surface area (Å²) < 4.78 is 7.17. The monoisotopic (exact) mass is 445 g/mol. The zero-order valence-electron chi connectivity index (χ0n) is 17.6. The molecule has 4 rings (SSSR count). The van der Waals surface area contributed by atoms with Gasteiger partial charge in [0.15, 0.2) is 5.16 Å². The first-order valence-electron chi connectivity index (χ1n) is 10.5. The van der Waals surface area contributed by atoms with Crippen LogP contribution < -0.4 is 10.9 Å². The fraction of sp³-hybridized carbons (Fsp3) is 0.500. The maximum atomic E-state index is 13.6. The maximum Gasteiger partial charge on any atom is 0.263 e. The van der Waals surface area contributed by atoms with Crippen molar-refractivity contribution in [3.8, 4) is 0 Å². The van der Waals surface area contributed by atoms with Crippen molar-refractivity contribution in [2.24, 2.45) is 5.92 Å². The highest BCUT2D eigenvalue weighted by Gasteiger charge is 2.26. The van der Waals surface area contributed by atoms with Crippen LogP contribution in [0.5, 0.6) is 0 Å². The zero-order chi connectivity index (χ0) is 21.3. The molecule has 0 saturated carbocycles. The molecule has 2 unspecified atom stereocenters. The van der Waals surface area contributed by atoms with Gasteiger partial charge in [0.25, 0.3) is 5.56 Å². The number of amides is 1. The summed E-state index contributed by atoms with van der Waals surface area (Å²) in [6.45, 7) is 7.08. The molecule has 3 heterocycles. The molecule has 30 heavy (non-hydrogen) atoms. The molecule has 0 bridgehead atoms. The van der Waals surface area contributed by atoms with Crippen molar-refractivity contribution in [3.63, 3.8) is 0 Å². The predicted molar refractivity (Wildman–Crippen MR) is 121 cm³/mol. The number of thioether (sulfide) groups is 1. The van der Waals surface area contributed by atoms with E-state index >= 15 is 0 Å². The lowest BCUT2D eigenvalue weighted by Gasteiger charge is -2.18. The van der Waals surface area contributed by atoms with E-state index in [1.54, 1.807) is 22.2 Å². The van der Waals surface area contributed by atoms with Crippen molar-refractivity contribution in [1.82, 2.24) is 14.9 Å². The van der Waals surface area contributed by atoms with Crippen LogP contribution in [0.1, 0.15) is 49.8 Å².